The first-order valence-corrected chi connectivity index (χ1v) is 7.32. The van der Waals surface area contributed by atoms with Crippen molar-refractivity contribution in [2.75, 3.05) is 0 Å². The van der Waals surface area contributed by atoms with E-state index in [1.54, 1.807) is 6.07 Å². The van der Waals surface area contributed by atoms with Crippen molar-refractivity contribution in [2.24, 2.45) is 11.8 Å². The molecule has 1 N–H and O–H groups in total. The van der Waals surface area contributed by atoms with Gasteiger partial charge in [0.25, 0.3) is 0 Å². The van der Waals surface area contributed by atoms with Crippen LogP contribution < -0.4 is 0 Å². The lowest BCUT2D eigenvalue weighted by Crippen LogP contribution is -2.39. The fourth-order valence-electron chi connectivity index (χ4n) is 2.88. The van der Waals surface area contributed by atoms with Gasteiger partial charge in [-0.2, -0.15) is 0 Å². The lowest BCUT2D eigenvalue weighted by Gasteiger charge is -2.39. The summed E-state index contributed by atoms with van der Waals surface area (Å²) in [6.07, 6.45) is 3.37. The largest absolute Gasteiger partial charge is 0.390 e. The Kier molecular flexibility index (Phi) is 4.25. The average molecular weight is 287 g/mol. The summed E-state index contributed by atoms with van der Waals surface area (Å²) in [6, 6.07) is 5.62. The van der Waals surface area contributed by atoms with Gasteiger partial charge >= 0.3 is 0 Å². The second kappa shape index (κ2) is 5.40. The van der Waals surface area contributed by atoms with Crippen molar-refractivity contribution in [1.82, 2.24) is 0 Å². The first kappa shape index (κ1) is 14.2. The minimum atomic E-state index is -0.625. The number of benzene rings is 1. The van der Waals surface area contributed by atoms with Crippen LogP contribution in [0.2, 0.25) is 10.0 Å². The zero-order valence-electron chi connectivity index (χ0n) is 10.9. The van der Waals surface area contributed by atoms with Crippen LogP contribution in [0.3, 0.4) is 0 Å². The van der Waals surface area contributed by atoms with Gasteiger partial charge in [-0.25, -0.2) is 0 Å². The molecule has 3 atom stereocenters. The van der Waals surface area contributed by atoms with Crippen LogP contribution in [0.4, 0.5) is 0 Å². The zero-order valence-corrected chi connectivity index (χ0v) is 12.4. The van der Waals surface area contributed by atoms with Gasteiger partial charge in [0.05, 0.1) is 15.6 Å². The van der Waals surface area contributed by atoms with Gasteiger partial charge in [-0.15, -0.1) is 0 Å². The van der Waals surface area contributed by atoms with Gasteiger partial charge in [0.1, 0.15) is 0 Å². The van der Waals surface area contributed by atoms with Crippen LogP contribution in [0.15, 0.2) is 18.2 Å². The molecule has 1 fully saturated rings. The Morgan fingerprint density at radius 1 is 1.28 bits per heavy atom. The molecule has 2 rings (SSSR count). The summed E-state index contributed by atoms with van der Waals surface area (Å²) in [4.78, 5) is 0. The molecule has 0 aromatic heterocycles. The molecule has 100 valence electrons. The summed E-state index contributed by atoms with van der Waals surface area (Å²) in [5.41, 5.74) is 0.327. The van der Waals surface area contributed by atoms with E-state index in [2.05, 4.69) is 13.8 Å². The van der Waals surface area contributed by atoms with E-state index in [1.807, 2.05) is 12.1 Å². The van der Waals surface area contributed by atoms with E-state index in [0.29, 0.717) is 28.3 Å². The molecule has 1 aromatic rings. The maximum Gasteiger partial charge on any atom is 0.0691 e. The van der Waals surface area contributed by atoms with Gasteiger partial charge < -0.3 is 5.11 Å². The van der Waals surface area contributed by atoms with Gasteiger partial charge in [-0.05, 0) is 42.7 Å². The zero-order chi connectivity index (χ0) is 13.3. The number of hydrogen-bond acceptors (Lipinski definition) is 1. The first-order valence-electron chi connectivity index (χ1n) is 6.56. The minimum Gasteiger partial charge on any atom is -0.390 e. The predicted molar refractivity (Wildman–Crippen MR) is 77.3 cm³/mol. The molecule has 3 unspecified atom stereocenters. The average Bonchev–Trinajstić information content (AvgIpc) is 2.31. The van der Waals surface area contributed by atoms with Gasteiger partial charge in [0, 0.05) is 6.42 Å². The molecule has 1 saturated carbocycles. The van der Waals surface area contributed by atoms with Gasteiger partial charge in [-0.3, -0.25) is 0 Å². The smallest absolute Gasteiger partial charge is 0.0691 e. The molecule has 18 heavy (non-hydrogen) atoms. The highest BCUT2D eigenvalue weighted by Crippen LogP contribution is 2.39. The molecule has 0 amide bonds. The normalized spacial score (nSPS) is 32.5. The van der Waals surface area contributed by atoms with E-state index in [4.69, 9.17) is 23.2 Å². The fourth-order valence-corrected chi connectivity index (χ4v) is 3.27. The summed E-state index contributed by atoms with van der Waals surface area (Å²) in [7, 11) is 0. The van der Waals surface area contributed by atoms with Gasteiger partial charge in [0.2, 0.25) is 0 Å². The van der Waals surface area contributed by atoms with E-state index < -0.39 is 5.60 Å². The summed E-state index contributed by atoms with van der Waals surface area (Å²) >= 11 is 12.2. The summed E-state index contributed by atoms with van der Waals surface area (Å²) < 4.78 is 0. The molecule has 0 radical (unpaired) electrons. The van der Waals surface area contributed by atoms with Gasteiger partial charge in [0.15, 0.2) is 0 Å². The maximum absolute atomic E-state index is 10.7. The molecular formula is C15H20Cl2O. The number of hydrogen-bond donors (Lipinski definition) is 1. The molecule has 1 nitrogen and oxygen atoms in total. The van der Waals surface area contributed by atoms with Crippen LogP contribution in [-0.2, 0) is 6.42 Å². The Bertz CT molecular complexity index is 433. The minimum absolute atomic E-state index is 0.557. The van der Waals surface area contributed by atoms with E-state index in [0.717, 1.165) is 24.8 Å². The Morgan fingerprint density at radius 2 is 2.00 bits per heavy atom. The lowest BCUT2D eigenvalue weighted by molar-refractivity contribution is -0.0279. The highest BCUT2D eigenvalue weighted by atomic mass is 35.5. The summed E-state index contributed by atoms with van der Waals surface area (Å²) in [5.74, 6) is 1.25. The van der Waals surface area contributed by atoms with Crippen molar-refractivity contribution >= 4 is 23.2 Å². The Balaban J connectivity index is 2.15. The van der Waals surface area contributed by atoms with Crippen LogP contribution in [0, 0.1) is 11.8 Å². The van der Waals surface area contributed by atoms with Crippen molar-refractivity contribution in [3.63, 3.8) is 0 Å². The Hall–Kier alpha value is -0.240. The number of halogens is 2. The second-order valence-electron chi connectivity index (χ2n) is 5.81. The predicted octanol–water partition coefficient (Wildman–Crippen LogP) is 4.72. The van der Waals surface area contributed by atoms with Gasteiger partial charge in [-0.1, -0.05) is 49.2 Å². The first-order chi connectivity index (χ1) is 8.41. The lowest BCUT2D eigenvalue weighted by atomic mass is 9.71. The van der Waals surface area contributed by atoms with E-state index in [9.17, 15) is 5.11 Å². The van der Waals surface area contributed by atoms with Crippen molar-refractivity contribution in [1.29, 1.82) is 0 Å². The van der Waals surface area contributed by atoms with Crippen molar-refractivity contribution in [3.8, 4) is 0 Å². The van der Waals surface area contributed by atoms with Crippen LogP contribution in [-0.4, -0.2) is 10.7 Å². The highest BCUT2D eigenvalue weighted by Gasteiger charge is 2.36. The van der Waals surface area contributed by atoms with Crippen molar-refractivity contribution in [2.45, 2.75) is 45.1 Å². The third-order valence-electron chi connectivity index (χ3n) is 4.29. The molecule has 1 aliphatic carbocycles. The Labute approximate surface area is 119 Å². The molecule has 0 heterocycles. The van der Waals surface area contributed by atoms with Crippen LogP contribution >= 0.6 is 23.2 Å². The molecule has 3 heteroatoms. The number of aliphatic hydroxyl groups is 1. The van der Waals surface area contributed by atoms with Crippen molar-refractivity contribution in [3.05, 3.63) is 33.8 Å². The van der Waals surface area contributed by atoms with E-state index >= 15 is 0 Å². The van der Waals surface area contributed by atoms with E-state index in [-0.39, 0.29) is 0 Å². The molecule has 1 aromatic carbocycles. The standard InChI is InChI=1S/C15H20Cl2O/c1-10-6-7-15(18,8-11(10)2)9-12-4-3-5-13(16)14(12)17/h3-5,10-11,18H,6-9H2,1-2H3. The van der Waals surface area contributed by atoms with E-state index in [1.165, 1.54) is 0 Å². The SMILES string of the molecule is CC1CCC(O)(Cc2cccc(Cl)c2Cl)CC1C. The molecule has 0 spiro atoms. The highest BCUT2D eigenvalue weighted by molar-refractivity contribution is 6.42. The van der Waals surface area contributed by atoms with Crippen LogP contribution in [0.1, 0.15) is 38.7 Å². The van der Waals surface area contributed by atoms with Crippen LogP contribution in [0.25, 0.3) is 0 Å². The molecular weight excluding hydrogens is 267 g/mol. The quantitative estimate of drug-likeness (QED) is 0.834. The third kappa shape index (κ3) is 3.01. The molecule has 1 aliphatic rings. The monoisotopic (exact) mass is 286 g/mol. The van der Waals surface area contributed by atoms with Crippen LogP contribution in [0.5, 0.6) is 0 Å². The maximum atomic E-state index is 10.7. The summed E-state index contributed by atoms with van der Waals surface area (Å²) in [5, 5.41) is 11.9. The van der Waals surface area contributed by atoms with Crippen molar-refractivity contribution < 1.29 is 5.11 Å². The Morgan fingerprint density at radius 3 is 2.67 bits per heavy atom. The fraction of sp³-hybridized carbons (Fsp3) is 0.600. The second-order valence-corrected chi connectivity index (χ2v) is 6.60. The number of rotatable bonds is 2. The topological polar surface area (TPSA) is 20.2 Å². The summed E-state index contributed by atoms with van der Waals surface area (Å²) in [6.45, 7) is 4.48. The molecule has 0 aliphatic heterocycles. The molecule has 0 bridgehead atoms. The third-order valence-corrected chi connectivity index (χ3v) is 5.15. The molecule has 0 saturated heterocycles.